The number of carbonyl (C=O) groups is 1. The zero-order chi connectivity index (χ0) is 15.8. The highest BCUT2D eigenvalue weighted by molar-refractivity contribution is 5.85. The summed E-state index contributed by atoms with van der Waals surface area (Å²) in [5, 5.41) is 5.87. The zero-order valence-corrected chi connectivity index (χ0v) is 14.3. The van der Waals surface area contributed by atoms with E-state index < -0.39 is 0 Å². The summed E-state index contributed by atoms with van der Waals surface area (Å²) in [6.45, 7) is 1.25. The Morgan fingerprint density at radius 1 is 1.09 bits per heavy atom. The summed E-state index contributed by atoms with van der Waals surface area (Å²) in [4.78, 5) is 11.6. The van der Waals surface area contributed by atoms with Crippen molar-refractivity contribution in [2.75, 3.05) is 20.7 Å². The average Bonchev–Trinajstić information content (AvgIpc) is 2.58. The molecular formula is C18H23ClN2O2. The van der Waals surface area contributed by atoms with E-state index in [1.165, 1.54) is 0 Å². The third-order valence-corrected chi connectivity index (χ3v) is 3.45. The summed E-state index contributed by atoms with van der Waals surface area (Å²) in [6.07, 6.45) is 0.498. The van der Waals surface area contributed by atoms with Crippen LogP contribution in [-0.2, 0) is 11.3 Å². The molecular weight excluding hydrogens is 312 g/mol. The van der Waals surface area contributed by atoms with Crippen LogP contribution in [0.2, 0.25) is 0 Å². The van der Waals surface area contributed by atoms with Gasteiger partial charge in [0.25, 0.3) is 0 Å². The van der Waals surface area contributed by atoms with Crippen molar-refractivity contribution in [3.63, 3.8) is 0 Å². The van der Waals surface area contributed by atoms with E-state index in [-0.39, 0.29) is 18.3 Å². The second kappa shape index (κ2) is 9.87. The molecule has 4 nitrogen and oxygen atoms in total. The molecule has 2 N–H and O–H groups in total. The summed E-state index contributed by atoms with van der Waals surface area (Å²) < 4.78 is 5.24. The van der Waals surface area contributed by atoms with E-state index >= 15 is 0 Å². The minimum Gasteiger partial charge on any atom is -0.497 e. The first-order valence-corrected chi connectivity index (χ1v) is 7.37. The summed E-state index contributed by atoms with van der Waals surface area (Å²) in [6, 6.07) is 16.2. The largest absolute Gasteiger partial charge is 0.497 e. The molecule has 0 aliphatic heterocycles. The molecule has 0 aliphatic carbocycles. The molecule has 2 aromatic rings. The summed E-state index contributed by atoms with van der Waals surface area (Å²) in [5.41, 5.74) is 3.33. The van der Waals surface area contributed by atoms with E-state index in [0.29, 0.717) is 19.5 Å². The van der Waals surface area contributed by atoms with Gasteiger partial charge in [0.05, 0.1) is 7.11 Å². The maximum absolute atomic E-state index is 11.6. The van der Waals surface area contributed by atoms with Crippen molar-refractivity contribution in [2.24, 2.45) is 0 Å². The lowest BCUT2D eigenvalue weighted by molar-refractivity contribution is -0.121. The van der Waals surface area contributed by atoms with Gasteiger partial charge in [0.1, 0.15) is 5.75 Å². The Morgan fingerprint density at radius 2 is 1.83 bits per heavy atom. The fourth-order valence-electron chi connectivity index (χ4n) is 2.15. The average molecular weight is 335 g/mol. The molecule has 0 unspecified atom stereocenters. The molecule has 0 atom stereocenters. The summed E-state index contributed by atoms with van der Waals surface area (Å²) in [7, 11) is 3.50. The second-order valence-corrected chi connectivity index (χ2v) is 5.06. The molecule has 124 valence electrons. The van der Waals surface area contributed by atoms with Gasteiger partial charge in [-0.25, -0.2) is 0 Å². The van der Waals surface area contributed by atoms with Crippen LogP contribution in [0.5, 0.6) is 5.75 Å². The number of ether oxygens (including phenoxy) is 1. The lowest BCUT2D eigenvalue weighted by Crippen LogP contribution is -2.26. The van der Waals surface area contributed by atoms with Crippen LogP contribution >= 0.6 is 12.4 Å². The highest BCUT2D eigenvalue weighted by atomic mass is 35.5. The molecule has 0 saturated heterocycles. The first kappa shape index (κ1) is 19.0. The number of amides is 1. The predicted octanol–water partition coefficient (Wildman–Crippen LogP) is 3.01. The first-order valence-electron chi connectivity index (χ1n) is 7.37. The fraction of sp³-hybridized carbons (Fsp3) is 0.278. The number of hydrogen-bond acceptors (Lipinski definition) is 3. The monoisotopic (exact) mass is 334 g/mol. The maximum atomic E-state index is 11.6. The summed E-state index contributed by atoms with van der Waals surface area (Å²) >= 11 is 0. The van der Waals surface area contributed by atoms with Crippen LogP contribution in [0.4, 0.5) is 0 Å². The molecule has 1 amide bonds. The number of carbonyl (C=O) groups excluding carboxylic acids is 1. The predicted molar refractivity (Wildman–Crippen MR) is 96.1 cm³/mol. The van der Waals surface area contributed by atoms with E-state index in [1.807, 2.05) is 37.4 Å². The van der Waals surface area contributed by atoms with Crippen LogP contribution in [0.1, 0.15) is 12.0 Å². The van der Waals surface area contributed by atoms with E-state index in [1.54, 1.807) is 7.11 Å². The Bertz CT molecular complexity index is 615. The number of nitrogens with one attached hydrogen (secondary N) is 2. The Labute approximate surface area is 143 Å². The van der Waals surface area contributed by atoms with Gasteiger partial charge in [-0.1, -0.05) is 36.4 Å². The third-order valence-electron chi connectivity index (χ3n) is 3.45. The highest BCUT2D eigenvalue weighted by Gasteiger charge is 2.02. The fourth-order valence-corrected chi connectivity index (χ4v) is 2.15. The van der Waals surface area contributed by atoms with Crippen molar-refractivity contribution in [3.8, 4) is 16.9 Å². The van der Waals surface area contributed by atoms with Crippen molar-refractivity contribution in [1.82, 2.24) is 10.6 Å². The molecule has 0 bridgehead atoms. The van der Waals surface area contributed by atoms with Crippen molar-refractivity contribution >= 4 is 18.3 Å². The first-order chi connectivity index (χ1) is 10.7. The van der Waals surface area contributed by atoms with Gasteiger partial charge < -0.3 is 15.4 Å². The second-order valence-electron chi connectivity index (χ2n) is 5.06. The van der Waals surface area contributed by atoms with Gasteiger partial charge in [-0.2, -0.15) is 0 Å². The number of rotatable bonds is 7. The Morgan fingerprint density at radius 3 is 2.48 bits per heavy atom. The zero-order valence-electron chi connectivity index (χ0n) is 13.5. The molecule has 0 aliphatic rings. The van der Waals surface area contributed by atoms with Crippen LogP contribution in [0, 0.1) is 0 Å². The molecule has 2 aromatic carbocycles. The van der Waals surface area contributed by atoms with E-state index in [2.05, 4.69) is 28.8 Å². The maximum Gasteiger partial charge on any atom is 0.221 e. The Kier molecular flexibility index (Phi) is 8.16. The SMILES string of the molecule is CNCCC(=O)NCc1ccc(-c2cccc(OC)c2)cc1.Cl. The molecule has 5 heteroatoms. The minimum absolute atomic E-state index is 0. The van der Waals surface area contributed by atoms with Crippen molar-refractivity contribution in [2.45, 2.75) is 13.0 Å². The lowest BCUT2D eigenvalue weighted by atomic mass is 10.0. The van der Waals surface area contributed by atoms with Crippen molar-refractivity contribution in [1.29, 1.82) is 0 Å². The number of hydrogen-bond donors (Lipinski definition) is 2. The number of benzene rings is 2. The van der Waals surface area contributed by atoms with Crippen LogP contribution in [0.15, 0.2) is 48.5 Å². The van der Waals surface area contributed by atoms with Gasteiger partial charge in [0, 0.05) is 19.5 Å². The van der Waals surface area contributed by atoms with Gasteiger partial charge in [0.15, 0.2) is 0 Å². The number of halogens is 1. The smallest absolute Gasteiger partial charge is 0.221 e. The molecule has 0 aromatic heterocycles. The highest BCUT2D eigenvalue weighted by Crippen LogP contribution is 2.23. The van der Waals surface area contributed by atoms with Crippen molar-refractivity contribution < 1.29 is 9.53 Å². The Balaban J connectivity index is 0.00000264. The molecule has 0 radical (unpaired) electrons. The summed E-state index contributed by atoms with van der Waals surface area (Å²) in [5.74, 6) is 0.907. The molecule has 2 rings (SSSR count). The lowest BCUT2D eigenvalue weighted by Gasteiger charge is -2.08. The van der Waals surface area contributed by atoms with Crippen LogP contribution in [-0.4, -0.2) is 26.6 Å². The Hall–Kier alpha value is -2.04. The van der Waals surface area contributed by atoms with E-state index in [0.717, 1.165) is 22.4 Å². The molecule has 23 heavy (non-hydrogen) atoms. The molecule has 0 heterocycles. The van der Waals surface area contributed by atoms with Gasteiger partial charge in [-0.15, -0.1) is 12.4 Å². The van der Waals surface area contributed by atoms with Crippen LogP contribution in [0.25, 0.3) is 11.1 Å². The van der Waals surface area contributed by atoms with E-state index in [4.69, 9.17) is 4.74 Å². The van der Waals surface area contributed by atoms with Gasteiger partial charge >= 0.3 is 0 Å². The normalized spacial score (nSPS) is 9.83. The van der Waals surface area contributed by atoms with Crippen molar-refractivity contribution in [3.05, 3.63) is 54.1 Å². The molecule has 0 spiro atoms. The molecule has 0 fully saturated rings. The van der Waals surface area contributed by atoms with E-state index in [9.17, 15) is 4.79 Å². The van der Waals surface area contributed by atoms with Gasteiger partial charge in [-0.05, 0) is 35.9 Å². The standard InChI is InChI=1S/C18H22N2O2.ClH/c1-19-11-10-18(21)20-13-14-6-8-15(9-7-14)16-4-3-5-17(12-16)22-2;/h3-9,12,19H,10-11,13H2,1-2H3,(H,20,21);1H. The van der Waals surface area contributed by atoms with Crippen LogP contribution < -0.4 is 15.4 Å². The van der Waals surface area contributed by atoms with Gasteiger partial charge in [-0.3, -0.25) is 4.79 Å². The molecule has 0 saturated carbocycles. The quantitative estimate of drug-likeness (QED) is 0.818. The minimum atomic E-state index is 0. The van der Waals surface area contributed by atoms with Gasteiger partial charge in [0.2, 0.25) is 5.91 Å². The third kappa shape index (κ3) is 5.93. The van der Waals surface area contributed by atoms with Crippen LogP contribution in [0.3, 0.4) is 0 Å². The topological polar surface area (TPSA) is 50.4 Å². The number of methoxy groups -OCH3 is 1.